The van der Waals surface area contributed by atoms with E-state index in [1.54, 1.807) is 6.92 Å². The molecule has 0 atom stereocenters. The molecule has 1 fully saturated rings. The van der Waals surface area contributed by atoms with Crippen molar-refractivity contribution in [2.45, 2.75) is 38.6 Å². The number of hydrogen-bond donors (Lipinski definition) is 2. The van der Waals surface area contributed by atoms with Crippen LogP contribution in [0.5, 0.6) is 0 Å². The van der Waals surface area contributed by atoms with Crippen LogP contribution in [0.3, 0.4) is 0 Å². The molecule has 2 nitrogen and oxygen atoms in total. The van der Waals surface area contributed by atoms with Gasteiger partial charge in [0, 0.05) is 6.04 Å². The third-order valence-corrected chi connectivity index (χ3v) is 3.43. The summed E-state index contributed by atoms with van der Waals surface area (Å²) in [6, 6.07) is 2.96. The number of benzene rings is 1. The lowest BCUT2D eigenvalue weighted by atomic mass is 10.2. The van der Waals surface area contributed by atoms with Gasteiger partial charge in [0.25, 0.3) is 0 Å². The highest BCUT2D eigenvalue weighted by molar-refractivity contribution is 7.80. The Balaban J connectivity index is 2.04. The van der Waals surface area contributed by atoms with Gasteiger partial charge in [-0.15, -0.1) is 0 Å². The first-order valence-electron chi connectivity index (χ1n) is 6.10. The second-order valence-electron chi connectivity index (χ2n) is 4.63. The highest BCUT2D eigenvalue weighted by atomic mass is 32.1. The third-order valence-electron chi connectivity index (χ3n) is 3.21. The van der Waals surface area contributed by atoms with Crippen LogP contribution < -0.4 is 10.6 Å². The predicted molar refractivity (Wildman–Crippen MR) is 72.7 cm³/mol. The summed E-state index contributed by atoms with van der Waals surface area (Å²) in [6.45, 7) is 1.59. The molecule has 1 aromatic rings. The Morgan fingerprint density at radius 1 is 1.28 bits per heavy atom. The van der Waals surface area contributed by atoms with Gasteiger partial charge in [-0.1, -0.05) is 18.9 Å². The van der Waals surface area contributed by atoms with Crippen molar-refractivity contribution in [2.75, 3.05) is 5.32 Å². The van der Waals surface area contributed by atoms with Gasteiger partial charge in [0.2, 0.25) is 0 Å². The van der Waals surface area contributed by atoms with Crippen LogP contribution in [0.25, 0.3) is 0 Å². The maximum absolute atomic E-state index is 13.7. The molecule has 1 aliphatic rings. The number of hydrogen-bond acceptors (Lipinski definition) is 1. The average molecular weight is 270 g/mol. The topological polar surface area (TPSA) is 24.1 Å². The maximum atomic E-state index is 13.7. The summed E-state index contributed by atoms with van der Waals surface area (Å²) in [4.78, 5) is 0. The molecule has 18 heavy (non-hydrogen) atoms. The zero-order valence-corrected chi connectivity index (χ0v) is 11.0. The van der Waals surface area contributed by atoms with Gasteiger partial charge in [0.05, 0.1) is 0 Å². The molecule has 0 aliphatic heterocycles. The fraction of sp³-hybridized carbons (Fsp3) is 0.462. The molecule has 0 spiro atoms. The molecule has 0 heterocycles. The maximum Gasteiger partial charge on any atom is 0.171 e. The van der Waals surface area contributed by atoms with Crippen LogP contribution in [0.1, 0.15) is 31.2 Å². The number of aryl methyl sites for hydroxylation is 1. The van der Waals surface area contributed by atoms with Crippen molar-refractivity contribution < 1.29 is 8.78 Å². The van der Waals surface area contributed by atoms with Crippen molar-refractivity contribution in [3.63, 3.8) is 0 Å². The van der Waals surface area contributed by atoms with E-state index in [0.29, 0.717) is 11.6 Å². The molecule has 0 amide bonds. The Labute approximate surface area is 111 Å². The van der Waals surface area contributed by atoms with Crippen LogP contribution in [0.4, 0.5) is 14.5 Å². The number of halogens is 2. The van der Waals surface area contributed by atoms with Crippen LogP contribution in [0.2, 0.25) is 0 Å². The lowest BCUT2D eigenvalue weighted by Gasteiger charge is -2.16. The fourth-order valence-electron chi connectivity index (χ4n) is 2.18. The number of thiocarbonyl (C=S) groups is 1. The smallest absolute Gasteiger partial charge is 0.171 e. The molecule has 1 aliphatic carbocycles. The summed E-state index contributed by atoms with van der Waals surface area (Å²) in [5, 5.41) is 5.99. The normalized spacial score (nSPS) is 15.7. The Morgan fingerprint density at radius 2 is 1.94 bits per heavy atom. The minimum Gasteiger partial charge on any atom is -0.360 e. The van der Waals surface area contributed by atoms with E-state index >= 15 is 0 Å². The van der Waals surface area contributed by atoms with E-state index in [-0.39, 0.29) is 10.8 Å². The number of nitrogens with one attached hydrogen (secondary N) is 2. The summed E-state index contributed by atoms with van der Waals surface area (Å²) in [7, 11) is 0. The van der Waals surface area contributed by atoms with Crippen molar-refractivity contribution in [2.24, 2.45) is 0 Å². The van der Waals surface area contributed by atoms with Gasteiger partial charge in [0.1, 0.15) is 11.5 Å². The van der Waals surface area contributed by atoms with E-state index in [0.717, 1.165) is 12.8 Å². The van der Waals surface area contributed by atoms with Gasteiger partial charge >= 0.3 is 0 Å². The monoisotopic (exact) mass is 270 g/mol. The first-order valence-corrected chi connectivity index (χ1v) is 6.51. The van der Waals surface area contributed by atoms with Gasteiger partial charge in [-0.25, -0.2) is 8.78 Å². The van der Waals surface area contributed by atoms with Gasteiger partial charge < -0.3 is 10.6 Å². The molecular formula is C13H16F2N2S. The summed E-state index contributed by atoms with van der Waals surface area (Å²) in [5.41, 5.74) is 0.216. The predicted octanol–water partition coefficient (Wildman–Crippen LogP) is 3.50. The van der Waals surface area contributed by atoms with E-state index in [1.165, 1.54) is 25.0 Å². The molecule has 0 unspecified atom stereocenters. The van der Waals surface area contributed by atoms with E-state index < -0.39 is 11.6 Å². The van der Waals surface area contributed by atoms with Crippen molar-refractivity contribution in [1.29, 1.82) is 0 Å². The minimum absolute atomic E-state index is 0.175. The average Bonchev–Trinajstić information content (AvgIpc) is 2.82. The Hall–Kier alpha value is -1.23. The standard InChI is InChI=1S/C13H16F2N2S/c1-8-6-7-10(14)12(11(8)15)17-13(18)16-9-4-2-3-5-9/h6-7,9H,2-5H2,1H3,(H2,16,17,18). The van der Waals surface area contributed by atoms with E-state index in [9.17, 15) is 8.78 Å². The first-order chi connectivity index (χ1) is 8.58. The molecule has 0 radical (unpaired) electrons. The van der Waals surface area contributed by atoms with Crippen molar-refractivity contribution >= 4 is 23.0 Å². The summed E-state index contributed by atoms with van der Waals surface area (Å²) in [5.74, 6) is -1.22. The minimum atomic E-state index is -0.631. The molecule has 1 aromatic carbocycles. The van der Waals surface area contributed by atoms with E-state index in [2.05, 4.69) is 10.6 Å². The molecule has 0 bridgehead atoms. The lowest BCUT2D eigenvalue weighted by molar-refractivity contribution is 0.584. The molecule has 1 saturated carbocycles. The molecule has 2 N–H and O–H groups in total. The lowest BCUT2D eigenvalue weighted by Crippen LogP contribution is -2.36. The zero-order chi connectivity index (χ0) is 13.1. The number of anilines is 1. The van der Waals surface area contributed by atoms with Gasteiger partial charge in [-0.05, 0) is 43.6 Å². The Morgan fingerprint density at radius 3 is 2.61 bits per heavy atom. The van der Waals surface area contributed by atoms with Crippen LogP contribution >= 0.6 is 12.2 Å². The SMILES string of the molecule is Cc1ccc(F)c(NC(=S)NC2CCCC2)c1F. The first kappa shape index (κ1) is 13.2. The van der Waals surface area contributed by atoms with Gasteiger partial charge in [0.15, 0.2) is 10.9 Å². The van der Waals surface area contributed by atoms with Crippen molar-refractivity contribution in [1.82, 2.24) is 5.32 Å². The Kier molecular flexibility index (Phi) is 4.11. The van der Waals surface area contributed by atoms with Gasteiger partial charge in [-0.2, -0.15) is 0 Å². The fourth-order valence-corrected chi connectivity index (χ4v) is 2.45. The van der Waals surface area contributed by atoms with Crippen LogP contribution in [0, 0.1) is 18.6 Å². The molecule has 5 heteroatoms. The van der Waals surface area contributed by atoms with Crippen LogP contribution in [-0.2, 0) is 0 Å². The van der Waals surface area contributed by atoms with Crippen LogP contribution in [0.15, 0.2) is 12.1 Å². The van der Waals surface area contributed by atoms with E-state index in [1.807, 2.05) is 0 Å². The van der Waals surface area contributed by atoms with Gasteiger partial charge in [-0.3, -0.25) is 0 Å². The quantitative estimate of drug-likeness (QED) is 0.804. The largest absolute Gasteiger partial charge is 0.360 e. The Bertz CT molecular complexity index is 457. The highest BCUT2D eigenvalue weighted by Gasteiger charge is 2.17. The van der Waals surface area contributed by atoms with Crippen molar-refractivity contribution in [3.05, 3.63) is 29.3 Å². The summed E-state index contributed by atoms with van der Waals surface area (Å²) in [6.07, 6.45) is 4.46. The highest BCUT2D eigenvalue weighted by Crippen LogP contribution is 2.22. The number of rotatable bonds is 2. The van der Waals surface area contributed by atoms with E-state index in [4.69, 9.17) is 12.2 Å². The molecule has 2 rings (SSSR count). The molecule has 98 valence electrons. The molecule has 0 saturated heterocycles. The van der Waals surface area contributed by atoms with Crippen LogP contribution in [-0.4, -0.2) is 11.2 Å². The second kappa shape index (κ2) is 5.61. The molecule has 0 aromatic heterocycles. The zero-order valence-electron chi connectivity index (χ0n) is 10.2. The second-order valence-corrected chi connectivity index (χ2v) is 5.04. The van der Waals surface area contributed by atoms with Crippen molar-refractivity contribution in [3.8, 4) is 0 Å². The molecular weight excluding hydrogens is 254 g/mol. The summed E-state index contributed by atoms with van der Waals surface area (Å²) >= 11 is 5.08. The third kappa shape index (κ3) is 2.96. The summed E-state index contributed by atoms with van der Waals surface area (Å²) < 4.78 is 27.3.